The molecule has 84 valence electrons. The lowest BCUT2D eigenvalue weighted by atomic mass is 10.3. The van der Waals surface area contributed by atoms with Crippen molar-refractivity contribution in [2.45, 2.75) is 13.5 Å². The van der Waals surface area contributed by atoms with E-state index < -0.39 is 0 Å². The summed E-state index contributed by atoms with van der Waals surface area (Å²) < 4.78 is 10.5. The van der Waals surface area contributed by atoms with E-state index in [-0.39, 0.29) is 11.7 Å². The molecule has 0 fully saturated rings. The molecule has 0 spiro atoms. The van der Waals surface area contributed by atoms with Crippen LogP contribution < -0.4 is 5.32 Å². The largest absolute Gasteiger partial charge is 0.444 e. The van der Waals surface area contributed by atoms with Gasteiger partial charge < -0.3 is 14.3 Å². The summed E-state index contributed by atoms with van der Waals surface area (Å²) in [7, 11) is 0. The van der Waals surface area contributed by atoms with Crippen molar-refractivity contribution >= 4 is 21.8 Å². The minimum absolute atomic E-state index is 0.265. The Balaban J connectivity index is 1.96. The van der Waals surface area contributed by atoms with Gasteiger partial charge in [0.15, 0.2) is 10.4 Å². The molecular formula is C10H9BrN2O3. The molecule has 0 atom stereocenters. The highest BCUT2D eigenvalue weighted by atomic mass is 79.9. The molecule has 0 bridgehead atoms. The summed E-state index contributed by atoms with van der Waals surface area (Å²) in [6.45, 7) is 2.16. The van der Waals surface area contributed by atoms with E-state index in [0.29, 0.717) is 17.0 Å². The second-order valence-electron chi connectivity index (χ2n) is 3.19. The first-order valence-corrected chi connectivity index (χ1v) is 5.40. The Morgan fingerprint density at radius 3 is 2.94 bits per heavy atom. The van der Waals surface area contributed by atoms with Crippen molar-refractivity contribution in [3.05, 3.63) is 40.1 Å². The summed E-state index contributed by atoms with van der Waals surface area (Å²) in [4.78, 5) is 11.6. The number of amides is 1. The van der Waals surface area contributed by atoms with E-state index in [1.54, 1.807) is 25.3 Å². The van der Waals surface area contributed by atoms with Crippen LogP contribution in [0.2, 0.25) is 0 Å². The van der Waals surface area contributed by atoms with Crippen LogP contribution in [0.15, 0.2) is 31.9 Å². The Morgan fingerprint density at radius 2 is 2.38 bits per heavy atom. The first kappa shape index (κ1) is 10.9. The Labute approximate surface area is 99.9 Å². The molecule has 2 aromatic heterocycles. The lowest BCUT2D eigenvalue weighted by Gasteiger charge is -2.00. The quantitative estimate of drug-likeness (QED) is 0.939. The molecule has 5 nitrogen and oxygen atoms in total. The van der Waals surface area contributed by atoms with Gasteiger partial charge in [0.1, 0.15) is 5.76 Å². The predicted octanol–water partition coefficient (Wildman–Crippen LogP) is 2.27. The first-order chi connectivity index (χ1) is 7.66. The summed E-state index contributed by atoms with van der Waals surface area (Å²) in [5.41, 5.74) is 0.846. The van der Waals surface area contributed by atoms with Gasteiger partial charge >= 0.3 is 0 Å². The smallest absolute Gasteiger partial charge is 0.287 e. The maximum absolute atomic E-state index is 11.6. The number of hydrogen-bond donors (Lipinski definition) is 1. The molecule has 2 aromatic rings. The average Bonchev–Trinajstić information content (AvgIpc) is 2.84. The van der Waals surface area contributed by atoms with Crippen molar-refractivity contribution in [1.82, 2.24) is 10.5 Å². The number of nitrogens with one attached hydrogen (secondary N) is 1. The molecule has 6 heteroatoms. The lowest BCUT2D eigenvalue weighted by Crippen LogP contribution is -2.22. The van der Waals surface area contributed by atoms with E-state index >= 15 is 0 Å². The highest BCUT2D eigenvalue weighted by molar-refractivity contribution is 9.10. The number of hydrogen-bond acceptors (Lipinski definition) is 4. The maximum atomic E-state index is 11.6. The van der Waals surface area contributed by atoms with Gasteiger partial charge in [0.2, 0.25) is 0 Å². The van der Waals surface area contributed by atoms with Gasteiger partial charge in [0, 0.05) is 12.1 Å². The van der Waals surface area contributed by atoms with Crippen molar-refractivity contribution < 1.29 is 13.7 Å². The zero-order valence-corrected chi connectivity index (χ0v) is 10.1. The van der Waals surface area contributed by atoms with Gasteiger partial charge in [-0.25, -0.2) is 0 Å². The van der Waals surface area contributed by atoms with Crippen molar-refractivity contribution in [3.63, 3.8) is 0 Å². The number of nitrogens with zero attached hydrogens (tertiary/aromatic N) is 1. The molecule has 0 saturated carbocycles. The molecule has 2 rings (SSSR count). The molecule has 0 aliphatic rings. The monoisotopic (exact) mass is 284 g/mol. The van der Waals surface area contributed by atoms with Crippen LogP contribution in [0.1, 0.15) is 21.9 Å². The van der Waals surface area contributed by atoms with Crippen LogP contribution in [0.25, 0.3) is 0 Å². The minimum atomic E-state index is -0.272. The van der Waals surface area contributed by atoms with Crippen LogP contribution in [0.4, 0.5) is 0 Å². The number of aryl methyl sites for hydroxylation is 1. The Morgan fingerprint density at radius 1 is 1.56 bits per heavy atom. The third kappa shape index (κ3) is 2.33. The minimum Gasteiger partial charge on any atom is -0.444 e. The molecular weight excluding hydrogens is 276 g/mol. The maximum Gasteiger partial charge on any atom is 0.287 e. The molecule has 0 aromatic carbocycles. The predicted molar refractivity (Wildman–Crippen MR) is 58.8 cm³/mol. The molecule has 0 unspecified atom stereocenters. The summed E-state index contributed by atoms with van der Waals surface area (Å²) in [5, 5.41) is 6.32. The van der Waals surface area contributed by atoms with Crippen molar-refractivity contribution in [2.75, 3.05) is 0 Å². The second kappa shape index (κ2) is 4.52. The molecule has 0 aliphatic carbocycles. The number of furan rings is 1. The number of aromatic nitrogens is 1. The van der Waals surface area contributed by atoms with Gasteiger partial charge in [-0.3, -0.25) is 4.79 Å². The fourth-order valence-electron chi connectivity index (χ4n) is 1.19. The molecule has 1 amide bonds. The second-order valence-corrected chi connectivity index (χ2v) is 3.98. The van der Waals surface area contributed by atoms with Crippen LogP contribution in [0, 0.1) is 6.92 Å². The summed E-state index contributed by atoms with van der Waals surface area (Å²) in [5.74, 6) is 0.688. The zero-order chi connectivity index (χ0) is 11.5. The summed E-state index contributed by atoms with van der Waals surface area (Å²) >= 11 is 3.13. The van der Waals surface area contributed by atoms with Crippen LogP contribution >= 0.6 is 15.9 Å². The summed E-state index contributed by atoms with van der Waals surface area (Å²) in [6.07, 6.45) is 1.58. The highest BCUT2D eigenvalue weighted by Crippen LogP contribution is 2.14. The molecule has 0 saturated heterocycles. The number of carbonyl (C=O) groups is 1. The van der Waals surface area contributed by atoms with E-state index in [1.807, 2.05) is 0 Å². The lowest BCUT2D eigenvalue weighted by molar-refractivity contribution is 0.0922. The van der Waals surface area contributed by atoms with Gasteiger partial charge in [-0.05, 0) is 35.0 Å². The van der Waals surface area contributed by atoms with Gasteiger partial charge in [-0.1, -0.05) is 5.16 Å². The van der Waals surface area contributed by atoms with Crippen molar-refractivity contribution in [1.29, 1.82) is 0 Å². The van der Waals surface area contributed by atoms with Crippen LogP contribution in [-0.2, 0) is 6.54 Å². The SMILES string of the molecule is Cc1oncc1CNC(=O)c1ccc(Br)o1. The topological polar surface area (TPSA) is 68.3 Å². The van der Waals surface area contributed by atoms with Gasteiger partial charge in [0.05, 0.1) is 6.20 Å². The van der Waals surface area contributed by atoms with Gasteiger partial charge in [0.25, 0.3) is 5.91 Å². The fourth-order valence-corrected chi connectivity index (χ4v) is 1.49. The molecule has 0 radical (unpaired) electrons. The average molecular weight is 285 g/mol. The Hall–Kier alpha value is -1.56. The molecule has 1 N–H and O–H groups in total. The highest BCUT2D eigenvalue weighted by Gasteiger charge is 2.11. The number of halogens is 1. The van der Waals surface area contributed by atoms with E-state index in [0.717, 1.165) is 5.56 Å². The number of carbonyl (C=O) groups excluding carboxylic acids is 1. The molecule has 2 heterocycles. The number of rotatable bonds is 3. The van der Waals surface area contributed by atoms with E-state index in [2.05, 4.69) is 26.4 Å². The Kier molecular flexibility index (Phi) is 3.09. The molecule has 16 heavy (non-hydrogen) atoms. The van der Waals surface area contributed by atoms with Crippen LogP contribution in [0.5, 0.6) is 0 Å². The Bertz CT molecular complexity index is 504. The third-order valence-electron chi connectivity index (χ3n) is 2.09. The summed E-state index contributed by atoms with van der Waals surface area (Å²) in [6, 6.07) is 3.26. The molecule has 0 aliphatic heterocycles. The van der Waals surface area contributed by atoms with E-state index in [4.69, 9.17) is 8.94 Å². The van der Waals surface area contributed by atoms with Crippen LogP contribution in [0.3, 0.4) is 0 Å². The van der Waals surface area contributed by atoms with Gasteiger partial charge in [-0.15, -0.1) is 0 Å². The first-order valence-electron chi connectivity index (χ1n) is 4.60. The van der Waals surface area contributed by atoms with E-state index in [9.17, 15) is 4.79 Å². The van der Waals surface area contributed by atoms with Crippen molar-refractivity contribution in [3.8, 4) is 0 Å². The van der Waals surface area contributed by atoms with Crippen molar-refractivity contribution in [2.24, 2.45) is 0 Å². The third-order valence-corrected chi connectivity index (χ3v) is 2.51. The zero-order valence-electron chi connectivity index (χ0n) is 8.49. The fraction of sp³-hybridized carbons (Fsp3) is 0.200. The van der Waals surface area contributed by atoms with Crippen LogP contribution in [-0.4, -0.2) is 11.1 Å². The standard InChI is InChI=1S/C10H9BrN2O3/c1-6-7(5-13-16-6)4-12-10(14)8-2-3-9(11)15-8/h2-3,5H,4H2,1H3,(H,12,14). The van der Waals surface area contributed by atoms with E-state index in [1.165, 1.54) is 0 Å². The normalized spacial score (nSPS) is 10.4. The van der Waals surface area contributed by atoms with Gasteiger partial charge in [-0.2, -0.15) is 0 Å².